The van der Waals surface area contributed by atoms with Crippen LogP contribution in [-0.4, -0.2) is 106 Å². The van der Waals surface area contributed by atoms with Crippen molar-refractivity contribution in [3.8, 4) is 0 Å². The second-order valence-electron chi connectivity index (χ2n) is 7.98. The number of hydrogen-bond acceptors (Lipinski definition) is 10. The smallest absolute Gasteiger partial charge is 0.306 e. The highest BCUT2D eigenvalue weighted by molar-refractivity contribution is 8.06. The molecule has 0 atom stereocenters. The number of alkyl halides is 12. The van der Waals surface area contributed by atoms with E-state index in [0.29, 0.717) is 0 Å². The van der Waals surface area contributed by atoms with Gasteiger partial charge in [0.1, 0.15) is 0 Å². The van der Waals surface area contributed by atoms with Gasteiger partial charge >= 0.3 is 62.1 Å². The molecular weight excluding hydrogens is 708 g/mol. The molecular formula is C14H24F12N4O8S4. The van der Waals surface area contributed by atoms with Crippen LogP contribution in [0.25, 0.3) is 0 Å². The van der Waals surface area contributed by atoms with Gasteiger partial charge in [-0.15, -0.1) is 0 Å². The lowest BCUT2D eigenvalue weighted by Gasteiger charge is -2.11. The van der Waals surface area contributed by atoms with Crippen LogP contribution in [0.3, 0.4) is 0 Å². The molecule has 2 heterocycles. The quantitative estimate of drug-likeness (QED) is 0.408. The highest BCUT2D eigenvalue weighted by Crippen LogP contribution is 2.28. The molecule has 0 aromatic heterocycles. The van der Waals surface area contributed by atoms with Crippen LogP contribution >= 0.6 is 0 Å². The molecule has 2 N–H and O–H groups in total. The zero-order valence-corrected chi connectivity index (χ0v) is 24.3. The highest BCUT2D eigenvalue weighted by Gasteiger charge is 2.56. The maximum absolute atomic E-state index is 11.5. The third-order valence-electron chi connectivity index (χ3n) is 4.32. The van der Waals surface area contributed by atoms with E-state index in [2.05, 4.69) is 23.9 Å². The fourth-order valence-corrected chi connectivity index (χ4v) is 6.05. The molecule has 2 fully saturated rings. The zero-order valence-electron chi connectivity index (χ0n) is 21.0. The molecule has 0 aromatic carbocycles. The Morgan fingerprint density at radius 2 is 0.548 bits per heavy atom. The number of likely N-dealkylation sites (tertiary alicyclic amines) is 2. The second kappa shape index (κ2) is 15.2. The number of rotatable bonds is 4. The SMILES string of the molecule is CN1CCCC1.CN1CCCC1.O=S(=O)(NS(=O)(=O)C(F)(F)F)C(F)(F)F.O=S(=O)(NS(=O)(=O)C(F)(F)F)C(F)(F)F. The molecule has 2 aliphatic heterocycles. The van der Waals surface area contributed by atoms with Gasteiger partial charge in [-0.2, -0.15) is 52.7 Å². The maximum Gasteiger partial charge on any atom is 0.512 e. The Labute approximate surface area is 232 Å². The first-order valence-corrected chi connectivity index (χ1v) is 16.3. The van der Waals surface area contributed by atoms with E-state index in [4.69, 9.17) is 0 Å². The summed E-state index contributed by atoms with van der Waals surface area (Å²) < 4.78 is 217. The van der Waals surface area contributed by atoms with Crippen LogP contribution in [0.15, 0.2) is 0 Å². The number of sulfonamides is 4. The van der Waals surface area contributed by atoms with Gasteiger partial charge in [0.05, 0.1) is 0 Å². The van der Waals surface area contributed by atoms with Gasteiger partial charge in [0.25, 0.3) is 0 Å². The average molecular weight is 733 g/mol. The third kappa shape index (κ3) is 15.0. The summed E-state index contributed by atoms with van der Waals surface area (Å²) in [6, 6.07) is 0. The van der Waals surface area contributed by atoms with Crippen molar-refractivity contribution in [3.05, 3.63) is 0 Å². The van der Waals surface area contributed by atoms with Gasteiger partial charge in [-0.05, 0) is 66.0 Å². The molecule has 0 aliphatic carbocycles. The van der Waals surface area contributed by atoms with Crippen LogP contribution in [0.1, 0.15) is 25.7 Å². The van der Waals surface area contributed by atoms with Gasteiger partial charge in [-0.3, -0.25) is 0 Å². The van der Waals surface area contributed by atoms with Crippen LogP contribution in [0, 0.1) is 0 Å². The van der Waals surface area contributed by atoms with Crippen molar-refractivity contribution >= 4 is 40.1 Å². The Bertz CT molecular complexity index is 1080. The lowest BCUT2D eigenvalue weighted by atomic mass is 10.4. The largest absolute Gasteiger partial charge is 0.512 e. The molecule has 0 aromatic rings. The van der Waals surface area contributed by atoms with Crippen molar-refractivity contribution < 1.29 is 86.4 Å². The Morgan fingerprint density at radius 3 is 0.619 bits per heavy atom. The minimum atomic E-state index is -6.60. The molecule has 2 rings (SSSR count). The molecule has 0 amide bonds. The summed E-state index contributed by atoms with van der Waals surface area (Å²) in [4.78, 5) is 4.72. The first kappa shape index (κ1) is 42.9. The van der Waals surface area contributed by atoms with E-state index in [1.165, 1.54) is 51.9 Å². The summed E-state index contributed by atoms with van der Waals surface area (Å²) in [6.45, 7) is 5.28. The van der Waals surface area contributed by atoms with Gasteiger partial charge in [-0.25, -0.2) is 33.7 Å². The van der Waals surface area contributed by atoms with E-state index in [0.717, 1.165) is 0 Å². The standard InChI is InChI=1S/2C5H11N.2C2HF6NO4S2/c2*1-6-4-2-3-5-6;2*3-1(4,5)14(10,11)9-15(12,13)2(6,7)8/h2*2-5H2,1H3;2*9H. The number of hydrogen-bond donors (Lipinski definition) is 2. The van der Waals surface area contributed by atoms with E-state index < -0.39 is 70.4 Å². The third-order valence-corrected chi connectivity index (χ3v) is 10.3. The van der Waals surface area contributed by atoms with Crippen molar-refractivity contribution in [2.75, 3.05) is 40.3 Å². The molecule has 0 radical (unpaired) electrons. The van der Waals surface area contributed by atoms with Crippen LogP contribution in [0.4, 0.5) is 52.7 Å². The summed E-state index contributed by atoms with van der Waals surface area (Å²) >= 11 is 0. The summed E-state index contributed by atoms with van der Waals surface area (Å²) in [5, 5.41) is 0. The summed E-state index contributed by atoms with van der Waals surface area (Å²) in [5.74, 6) is 0. The van der Waals surface area contributed by atoms with Crippen molar-refractivity contribution in [2.45, 2.75) is 47.7 Å². The first-order chi connectivity index (χ1) is 18.2. The lowest BCUT2D eigenvalue weighted by Crippen LogP contribution is -2.45. The molecule has 0 bridgehead atoms. The molecule has 0 saturated carbocycles. The van der Waals surface area contributed by atoms with Crippen LogP contribution in [-0.2, 0) is 40.1 Å². The number of nitrogens with one attached hydrogen (secondary N) is 2. The predicted molar refractivity (Wildman–Crippen MR) is 120 cm³/mol. The minimum absolute atomic E-state index is 0.493. The Morgan fingerprint density at radius 1 is 0.405 bits per heavy atom. The predicted octanol–water partition coefficient (Wildman–Crippen LogP) is 1.97. The Balaban J connectivity index is 0. The van der Waals surface area contributed by atoms with Gasteiger partial charge in [-0.1, -0.05) is 8.25 Å². The minimum Gasteiger partial charge on any atom is -0.306 e. The van der Waals surface area contributed by atoms with Gasteiger partial charge in [0, 0.05) is 0 Å². The average Bonchev–Trinajstić information content (AvgIpc) is 3.38. The van der Waals surface area contributed by atoms with Gasteiger partial charge in [0.15, 0.2) is 0 Å². The normalized spacial score (nSPS) is 18.2. The molecule has 2 aliphatic rings. The number of halogens is 12. The van der Waals surface area contributed by atoms with E-state index in [-0.39, 0.29) is 0 Å². The van der Waals surface area contributed by atoms with Crippen LogP contribution < -0.4 is 8.25 Å². The fraction of sp³-hybridized carbons (Fsp3) is 1.00. The van der Waals surface area contributed by atoms with Crippen LogP contribution in [0.5, 0.6) is 0 Å². The van der Waals surface area contributed by atoms with Crippen molar-refractivity contribution in [3.63, 3.8) is 0 Å². The summed E-state index contributed by atoms with van der Waals surface area (Å²) in [6.07, 6.45) is 5.65. The van der Waals surface area contributed by atoms with E-state index >= 15 is 0 Å². The highest BCUT2D eigenvalue weighted by atomic mass is 32.3. The van der Waals surface area contributed by atoms with Crippen molar-refractivity contribution in [2.24, 2.45) is 0 Å². The van der Waals surface area contributed by atoms with Crippen molar-refractivity contribution in [1.82, 2.24) is 18.1 Å². The van der Waals surface area contributed by atoms with Crippen LogP contribution in [0.2, 0.25) is 0 Å². The van der Waals surface area contributed by atoms with E-state index in [1.54, 1.807) is 0 Å². The lowest BCUT2D eigenvalue weighted by molar-refractivity contribution is -0.0487. The van der Waals surface area contributed by atoms with Gasteiger partial charge in [0.2, 0.25) is 0 Å². The Hall–Kier alpha value is -1.20. The van der Waals surface area contributed by atoms with Gasteiger partial charge < -0.3 is 9.80 Å². The molecule has 0 unspecified atom stereocenters. The van der Waals surface area contributed by atoms with E-state index in [9.17, 15) is 86.4 Å². The molecule has 28 heteroatoms. The second-order valence-corrected chi connectivity index (χ2v) is 15.2. The zero-order chi connectivity index (χ0) is 34.2. The van der Waals surface area contributed by atoms with E-state index in [1.807, 2.05) is 0 Å². The molecule has 42 heavy (non-hydrogen) atoms. The molecule has 256 valence electrons. The first-order valence-electron chi connectivity index (χ1n) is 10.4. The maximum atomic E-state index is 11.5. The molecule has 0 spiro atoms. The van der Waals surface area contributed by atoms with Crippen molar-refractivity contribution in [1.29, 1.82) is 0 Å². The Kier molecular flexibility index (Phi) is 15.5. The molecule has 2 saturated heterocycles. The fourth-order valence-electron chi connectivity index (χ4n) is 2.23. The topological polar surface area (TPSA) is 167 Å². The molecule has 12 nitrogen and oxygen atoms in total. The number of nitrogens with zero attached hydrogens (tertiary/aromatic N) is 2. The summed E-state index contributed by atoms with van der Waals surface area (Å²) in [7, 11) is -22.0. The monoisotopic (exact) mass is 732 g/mol. The summed E-state index contributed by atoms with van der Waals surface area (Å²) in [5.41, 5.74) is -24.6.